The van der Waals surface area contributed by atoms with Crippen molar-refractivity contribution in [2.45, 2.75) is 39.3 Å². The Morgan fingerprint density at radius 2 is 1.56 bits per heavy atom. The molecule has 8 nitrogen and oxygen atoms in total. The van der Waals surface area contributed by atoms with Gasteiger partial charge in [0.15, 0.2) is 0 Å². The molecule has 0 aliphatic rings. The summed E-state index contributed by atoms with van der Waals surface area (Å²) in [5.74, 6) is 0.296. The second kappa shape index (κ2) is 14.0. The molecule has 39 heavy (non-hydrogen) atoms. The fraction of sp³-hybridized carbons (Fsp3) is 0.310. The standard InChI is InChI=1S/C29H34ClN3O5S/c1-4-5-19-31-29(35)22(2)32(20-23-11-9-10-14-27(23)30)28(34)21-33(39(3,36)37)24-15-17-26(18-16-24)38-25-12-7-6-8-13-25/h6-18,22H,4-5,19-21H2,1-3H3,(H,31,35)/t22-/m0/s1. The number of carbonyl (C=O) groups excluding carboxylic acids is 2. The minimum absolute atomic E-state index is 0.0440. The number of hydrogen-bond acceptors (Lipinski definition) is 5. The number of carbonyl (C=O) groups is 2. The van der Waals surface area contributed by atoms with Crippen LogP contribution in [0.25, 0.3) is 0 Å². The van der Waals surface area contributed by atoms with Gasteiger partial charge in [0, 0.05) is 18.1 Å². The number of nitrogens with zero attached hydrogens (tertiary/aromatic N) is 2. The lowest BCUT2D eigenvalue weighted by atomic mass is 10.1. The number of ether oxygens (including phenoxy) is 1. The van der Waals surface area contributed by atoms with Gasteiger partial charge in [0.25, 0.3) is 0 Å². The van der Waals surface area contributed by atoms with Gasteiger partial charge in [0.05, 0.1) is 11.9 Å². The lowest BCUT2D eigenvalue weighted by Crippen LogP contribution is -2.51. The average molecular weight is 572 g/mol. The second-order valence-electron chi connectivity index (χ2n) is 9.11. The van der Waals surface area contributed by atoms with Crippen molar-refractivity contribution < 1.29 is 22.7 Å². The summed E-state index contributed by atoms with van der Waals surface area (Å²) in [6.45, 7) is 3.68. The molecule has 0 aliphatic heterocycles. The van der Waals surface area contributed by atoms with Crippen LogP contribution in [0.3, 0.4) is 0 Å². The third kappa shape index (κ3) is 8.73. The van der Waals surface area contributed by atoms with Gasteiger partial charge in [-0.25, -0.2) is 8.42 Å². The van der Waals surface area contributed by atoms with Crippen LogP contribution in [0.15, 0.2) is 78.9 Å². The minimum Gasteiger partial charge on any atom is -0.457 e. The van der Waals surface area contributed by atoms with Crippen LogP contribution in [-0.2, 0) is 26.2 Å². The van der Waals surface area contributed by atoms with Gasteiger partial charge >= 0.3 is 0 Å². The molecule has 3 aromatic rings. The van der Waals surface area contributed by atoms with Gasteiger partial charge in [-0.15, -0.1) is 0 Å². The number of unbranched alkanes of at least 4 members (excludes halogenated alkanes) is 1. The summed E-state index contributed by atoms with van der Waals surface area (Å²) in [6.07, 6.45) is 2.76. The molecule has 10 heteroatoms. The molecule has 0 saturated heterocycles. The number of benzene rings is 3. The van der Waals surface area contributed by atoms with Crippen LogP contribution in [0.1, 0.15) is 32.3 Å². The van der Waals surface area contributed by atoms with Crippen molar-refractivity contribution in [1.29, 1.82) is 0 Å². The smallest absolute Gasteiger partial charge is 0.244 e. The lowest BCUT2D eigenvalue weighted by molar-refractivity contribution is -0.139. The first-order valence-electron chi connectivity index (χ1n) is 12.7. The number of amides is 2. The zero-order valence-electron chi connectivity index (χ0n) is 22.3. The molecule has 0 heterocycles. The first-order valence-corrected chi connectivity index (χ1v) is 14.9. The Balaban J connectivity index is 1.85. The highest BCUT2D eigenvalue weighted by Gasteiger charge is 2.30. The van der Waals surface area contributed by atoms with Crippen LogP contribution in [0.2, 0.25) is 5.02 Å². The van der Waals surface area contributed by atoms with E-state index in [4.69, 9.17) is 16.3 Å². The van der Waals surface area contributed by atoms with Crippen LogP contribution in [0.5, 0.6) is 11.5 Å². The summed E-state index contributed by atoms with van der Waals surface area (Å²) in [7, 11) is -3.84. The van der Waals surface area contributed by atoms with Gasteiger partial charge in [0.1, 0.15) is 24.1 Å². The predicted octanol–water partition coefficient (Wildman–Crippen LogP) is 5.23. The Hall–Kier alpha value is -3.56. The van der Waals surface area contributed by atoms with Crippen molar-refractivity contribution in [2.24, 2.45) is 0 Å². The Bertz CT molecular complexity index is 1350. The zero-order chi connectivity index (χ0) is 28.4. The maximum atomic E-state index is 13.6. The monoisotopic (exact) mass is 571 g/mol. The van der Waals surface area contributed by atoms with E-state index in [1.165, 1.54) is 4.90 Å². The van der Waals surface area contributed by atoms with E-state index in [0.29, 0.717) is 34.3 Å². The molecule has 3 rings (SSSR count). The van der Waals surface area contributed by atoms with Crippen molar-refractivity contribution in [3.63, 3.8) is 0 Å². The molecule has 0 bridgehead atoms. The van der Waals surface area contributed by atoms with Crippen LogP contribution in [0.4, 0.5) is 5.69 Å². The number of anilines is 1. The van der Waals surface area contributed by atoms with E-state index in [1.54, 1.807) is 55.5 Å². The first-order chi connectivity index (χ1) is 18.6. The number of para-hydroxylation sites is 1. The van der Waals surface area contributed by atoms with Gasteiger partial charge in [-0.3, -0.25) is 13.9 Å². The van der Waals surface area contributed by atoms with Crippen LogP contribution in [0, 0.1) is 0 Å². The van der Waals surface area contributed by atoms with Crippen LogP contribution in [-0.4, -0.2) is 50.5 Å². The predicted molar refractivity (Wildman–Crippen MR) is 155 cm³/mol. The van der Waals surface area contributed by atoms with Crippen molar-refractivity contribution in [3.05, 3.63) is 89.4 Å². The maximum absolute atomic E-state index is 13.6. The van der Waals surface area contributed by atoms with Gasteiger partial charge in [-0.05, 0) is 61.4 Å². The molecule has 3 aromatic carbocycles. The molecule has 0 radical (unpaired) electrons. The van der Waals surface area contributed by atoms with Crippen LogP contribution >= 0.6 is 11.6 Å². The van der Waals surface area contributed by atoms with E-state index < -0.39 is 28.5 Å². The van der Waals surface area contributed by atoms with E-state index in [0.717, 1.165) is 23.4 Å². The largest absolute Gasteiger partial charge is 0.457 e. The Morgan fingerprint density at radius 3 is 2.18 bits per heavy atom. The Morgan fingerprint density at radius 1 is 0.949 bits per heavy atom. The van der Waals surface area contributed by atoms with Gasteiger partial charge in [-0.2, -0.15) is 0 Å². The fourth-order valence-electron chi connectivity index (χ4n) is 3.85. The summed E-state index contributed by atoms with van der Waals surface area (Å²) in [5.41, 5.74) is 0.943. The summed E-state index contributed by atoms with van der Waals surface area (Å²) in [5, 5.41) is 3.30. The highest BCUT2D eigenvalue weighted by Crippen LogP contribution is 2.26. The molecule has 0 aromatic heterocycles. The summed E-state index contributed by atoms with van der Waals surface area (Å²) in [6, 6.07) is 21.8. The Labute approximate surface area is 235 Å². The first kappa shape index (κ1) is 30.0. The second-order valence-corrected chi connectivity index (χ2v) is 11.4. The molecular weight excluding hydrogens is 538 g/mol. The molecule has 1 N–H and O–H groups in total. The molecule has 0 spiro atoms. The van der Waals surface area contributed by atoms with E-state index in [2.05, 4.69) is 5.32 Å². The zero-order valence-corrected chi connectivity index (χ0v) is 23.9. The highest BCUT2D eigenvalue weighted by molar-refractivity contribution is 7.92. The number of rotatable bonds is 13. The van der Waals surface area contributed by atoms with E-state index in [9.17, 15) is 18.0 Å². The lowest BCUT2D eigenvalue weighted by Gasteiger charge is -2.31. The van der Waals surface area contributed by atoms with Gasteiger partial charge in [0.2, 0.25) is 21.8 Å². The highest BCUT2D eigenvalue weighted by atomic mass is 35.5. The fourth-order valence-corrected chi connectivity index (χ4v) is 4.89. The average Bonchev–Trinajstić information content (AvgIpc) is 2.91. The Kier molecular flexibility index (Phi) is 10.8. The molecule has 0 aliphatic carbocycles. The quantitative estimate of drug-likeness (QED) is 0.283. The molecule has 0 unspecified atom stereocenters. The number of halogens is 1. The molecule has 0 fully saturated rings. The number of sulfonamides is 1. The third-order valence-corrected chi connectivity index (χ3v) is 7.59. The van der Waals surface area contributed by atoms with Crippen molar-refractivity contribution in [1.82, 2.24) is 10.2 Å². The van der Waals surface area contributed by atoms with Crippen molar-refractivity contribution in [3.8, 4) is 11.5 Å². The molecular formula is C29H34ClN3O5S. The summed E-state index contributed by atoms with van der Waals surface area (Å²) >= 11 is 6.35. The van der Waals surface area contributed by atoms with Gasteiger partial charge < -0.3 is 15.0 Å². The van der Waals surface area contributed by atoms with Crippen molar-refractivity contribution >= 4 is 39.1 Å². The van der Waals surface area contributed by atoms with Gasteiger partial charge in [-0.1, -0.05) is 61.3 Å². The summed E-state index contributed by atoms with van der Waals surface area (Å²) in [4.78, 5) is 27.9. The number of nitrogens with one attached hydrogen (secondary N) is 1. The number of hydrogen-bond donors (Lipinski definition) is 1. The molecule has 0 saturated carbocycles. The maximum Gasteiger partial charge on any atom is 0.244 e. The molecule has 1 atom stereocenters. The normalized spacial score (nSPS) is 11.9. The molecule has 2 amide bonds. The molecule has 208 valence electrons. The third-order valence-electron chi connectivity index (χ3n) is 6.08. The van der Waals surface area contributed by atoms with E-state index in [1.807, 2.05) is 37.3 Å². The van der Waals surface area contributed by atoms with Crippen molar-refractivity contribution in [2.75, 3.05) is 23.7 Å². The van der Waals surface area contributed by atoms with Crippen LogP contribution < -0.4 is 14.4 Å². The van der Waals surface area contributed by atoms with E-state index in [-0.39, 0.29) is 12.5 Å². The minimum atomic E-state index is -3.84. The van der Waals surface area contributed by atoms with E-state index >= 15 is 0 Å². The topological polar surface area (TPSA) is 96.0 Å². The SMILES string of the molecule is CCCCNC(=O)[C@H](C)N(Cc1ccccc1Cl)C(=O)CN(c1ccc(Oc2ccccc2)cc1)S(C)(=O)=O. The summed E-state index contributed by atoms with van der Waals surface area (Å²) < 4.78 is 32.4.